The minimum absolute atomic E-state index is 0.135. The first-order chi connectivity index (χ1) is 13.6. The van der Waals surface area contributed by atoms with Gasteiger partial charge in [-0.3, -0.25) is 0 Å². The van der Waals surface area contributed by atoms with Crippen molar-refractivity contribution in [3.8, 4) is 6.07 Å². The summed E-state index contributed by atoms with van der Waals surface area (Å²) in [6, 6.07) is 7.49. The number of halogens is 4. The molecule has 154 valence electrons. The summed E-state index contributed by atoms with van der Waals surface area (Å²) >= 11 is 6.12. The van der Waals surface area contributed by atoms with E-state index >= 15 is 0 Å². The highest BCUT2D eigenvalue weighted by molar-refractivity contribution is 7.88. The maximum atomic E-state index is 14.3. The number of sulfonamides is 1. The van der Waals surface area contributed by atoms with Gasteiger partial charge in [0.1, 0.15) is 11.9 Å². The third kappa shape index (κ3) is 4.66. The summed E-state index contributed by atoms with van der Waals surface area (Å²) in [7, 11) is -3.42. The first kappa shape index (κ1) is 21.4. The zero-order chi connectivity index (χ0) is 21.3. The van der Waals surface area contributed by atoms with Crippen molar-refractivity contribution in [1.29, 1.82) is 5.26 Å². The Kier molecular flexibility index (Phi) is 6.08. The smallest absolute Gasteiger partial charge is 0.211 e. The van der Waals surface area contributed by atoms with Crippen LogP contribution in [0.25, 0.3) is 0 Å². The molecule has 0 spiro atoms. The molecule has 1 fully saturated rings. The van der Waals surface area contributed by atoms with E-state index in [0.29, 0.717) is 18.2 Å². The van der Waals surface area contributed by atoms with Crippen LogP contribution in [0.1, 0.15) is 17.5 Å². The standard InChI is InChI=1S/C19H17ClF3N3O2S/c1-29(27,28)25-5-4-16(11-25)26(15-3-2-12(9-24)17(20)8-15)10-13-6-14(21)7-18(22)19(13)23/h2-3,6-8,16H,4-5,10-11H2,1H3/t16-/m0/s1. The van der Waals surface area contributed by atoms with Gasteiger partial charge in [-0.1, -0.05) is 11.6 Å². The van der Waals surface area contributed by atoms with Crippen molar-refractivity contribution in [3.63, 3.8) is 0 Å². The molecule has 1 atom stereocenters. The van der Waals surface area contributed by atoms with Crippen LogP contribution in [0.5, 0.6) is 0 Å². The van der Waals surface area contributed by atoms with Gasteiger partial charge in [-0.05, 0) is 30.7 Å². The van der Waals surface area contributed by atoms with Gasteiger partial charge in [-0.15, -0.1) is 0 Å². The van der Waals surface area contributed by atoms with E-state index in [9.17, 15) is 21.6 Å². The third-order valence-electron chi connectivity index (χ3n) is 4.85. The van der Waals surface area contributed by atoms with E-state index in [1.807, 2.05) is 6.07 Å². The average molecular weight is 444 g/mol. The minimum atomic E-state index is -3.42. The number of hydrogen-bond donors (Lipinski definition) is 0. The lowest BCUT2D eigenvalue weighted by Gasteiger charge is -2.32. The SMILES string of the molecule is CS(=O)(=O)N1CC[C@H](N(Cc2cc(F)cc(F)c2F)c2ccc(C#N)c(Cl)c2)C1. The van der Waals surface area contributed by atoms with E-state index in [0.717, 1.165) is 12.3 Å². The van der Waals surface area contributed by atoms with Gasteiger partial charge in [0.15, 0.2) is 11.6 Å². The summed E-state index contributed by atoms with van der Waals surface area (Å²) in [6.45, 7) is 0.199. The number of nitriles is 1. The molecule has 0 bridgehead atoms. The number of rotatable bonds is 5. The molecule has 2 aromatic carbocycles. The molecule has 1 aliphatic rings. The van der Waals surface area contributed by atoms with Gasteiger partial charge in [0, 0.05) is 43.0 Å². The molecule has 0 aromatic heterocycles. The largest absolute Gasteiger partial charge is 0.363 e. The van der Waals surface area contributed by atoms with E-state index in [1.165, 1.54) is 16.4 Å². The Bertz CT molecular complexity index is 1090. The molecule has 29 heavy (non-hydrogen) atoms. The lowest BCUT2D eigenvalue weighted by molar-refractivity contribution is 0.467. The predicted molar refractivity (Wildman–Crippen MR) is 103 cm³/mol. The lowest BCUT2D eigenvalue weighted by Crippen LogP contribution is -2.38. The first-order valence-corrected chi connectivity index (χ1v) is 10.9. The Morgan fingerprint density at radius 3 is 2.59 bits per heavy atom. The van der Waals surface area contributed by atoms with Crippen LogP contribution in [0.3, 0.4) is 0 Å². The monoisotopic (exact) mass is 443 g/mol. The van der Waals surface area contributed by atoms with E-state index in [2.05, 4.69) is 0 Å². The van der Waals surface area contributed by atoms with Gasteiger partial charge in [0.2, 0.25) is 10.0 Å². The highest BCUT2D eigenvalue weighted by Crippen LogP contribution is 2.30. The summed E-state index contributed by atoms with van der Waals surface area (Å²) in [4.78, 5) is 1.65. The van der Waals surface area contributed by atoms with Crippen LogP contribution in [0.15, 0.2) is 30.3 Å². The van der Waals surface area contributed by atoms with Gasteiger partial charge in [-0.2, -0.15) is 5.26 Å². The van der Waals surface area contributed by atoms with Gasteiger partial charge in [0.05, 0.1) is 16.8 Å². The fourth-order valence-electron chi connectivity index (χ4n) is 3.38. The number of nitrogens with zero attached hydrogens (tertiary/aromatic N) is 3. The molecule has 1 aliphatic heterocycles. The number of hydrogen-bond acceptors (Lipinski definition) is 4. The molecule has 3 rings (SSSR count). The summed E-state index contributed by atoms with van der Waals surface area (Å²) in [5, 5.41) is 9.23. The third-order valence-corrected chi connectivity index (χ3v) is 6.43. The minimum Gasteiger partial charge on any atom is -0.363 e. The summed E-state index contributed by atoms with van der Waals surface area (Å²) in [5.74, 6) is -3.39. The quantitative estimate of drug-likeness (QED) is 0.661. The highest BCUT2D eigenvalue weighted by atomic mass is 35.5. The lowest BCUT2D eigenvalue weighted by atomic mass is 10.1. The van der Waals surface area contributed by atoms with Crippen LogP contribution >= 0.6 is 11.6 Å². The Labute approximate surface area is 172 Å². The van der Waals surface area contributed by atoms with Gasteiger partial charge >= 0.3 is 0 Å². The van der Waals surface area contributed by atoms with E-state index in [4.69, 9.17) is 16.9 Å². The second-order valence-corrected chi connectivity index (χ2v) is 9.22. The summed E-state index contributed by atoms with van der Waals surface area (Å²) in [6.07, 6.45) is 1.53. The van der Waals surface area contributed by atoms with Crippen LogP contribution in [-0.4, -0.2) is 38.1 Å². The number of anilines is 1. The molecule has 10 heteroatoms. The van der Waals surface area contributed by atoms with E-state index in [1.54, 1.807) is 11.0 Å². The molecule has 0 unspecified atom stereocenters. The molecule has 0 aliphatic carbocycles. The van der Waals surface area contributed by atoms with Crippen LogP contribution in [0.2, 0.25) is 5.02 Å². The Morgan fingerprint density at radius 2 is 2.00 bits per heavy atom. The fraction of sp³-hybridized carbons (Fsp3) is 0.316. The van der Waals surface area contributed by atoms with E-state index < -0.39 is 27.5 Å². The molecule has 5 nitrogen and oxygen atoms in total. The van der Waals surface area contributed by atoms with Crippen molar-refractivity contribution in [2.45, 2.75) is 19.0 Å². The molecule has 1 heterocycles. The normalized spacial score (nSPS) is 17.3. The molecular weight excluding hydrogens is 427 g/mol. The van der Waals surface area contributed by atoms with Crippen LogP contribution < -0.4 is 4.90 Å². The predicted octanol–water partition coefficient (Wildman–Crippen LogP) is 3.67. The topological polar surface area (TPSA) is 64.4 Å². The number of benzene rings is 2. The Hall–Kier alpha value is -2.28. The summed E-state index contributed by atoms with van der Waals surface area (Å²) in [5.41, 5.74) is 0.515. The van der Waals surface area contributed by atoms with Crippen molar-refractivity contribution in [2.75, 3.05) is 24.2 Å². The van der Waals surface area contributed by atoms with Gasteiger partial charge in [-0.25, -0.2) is 25.9 Å². The van der Waals surface area contributed by atoms with Crippen molar-refractivity contribution in [1.82, 2.24) is 4.31 Å². The van der Waals surface area contributed by atoms with Crippen LogP contribution in [0, 0.1) is 28.8 Å². The Balaban J connectivity index is 2.01. The van der Waals surface area contributed by atoms with Crippen molar-refractivity contribution in [3.05, 3.63) is 63.9 Å². The summed E-state index contributed by atoms with van der Waals surface area (Å²) < 4.78 is 66.6. The van der Waals surface area contributed by atoms with Crippen LogP contribution in [0.4, 0.5) is 18.9 Å². The average Bonchev–Trinajstić information content (AvgIpc) is 3.13. The van der Waals surface area contributed by atoms with Crippen molar-refractivity contribution < 1.29 is 21.6 Å². The first-order valence-electron chi connectivity index (χ1n) is 8.65. The van der Waals surface area contributed by atoms with Crippen molar-refractivity contribution in [2.24, 2.45) is 0 Å². The zero-order valence-electron chi connectivity index (χ0n) is 15.4. The second-order valence-electron chi connectivity index (χ2n) is 6.83. The molecule has 2 aromatic rings. The van der Waals surface area contributed by atoms with Crippen molar-refractivity contribution >= 4 is 27.3 Å². The maximum Gasteiger partial charge on any atom is 0.211 e. The van der Waals surface area contributed by atoms with Gasteiger partial charge < -0.3 is 4.90 Å². The Morgan fingerprint density at radius 1 is 1.28 bits per heavy atom. The molecular formula is C19H17ClF3N3O2S. The van der Waals surface area contributed by atoms with Gasteiger partial charge in [0.25, 0.3) is 0 Å². The van der Waals surface area contributed by atoms with Crippen LogP contribution in [-0.2, 0) is 16.6 Å². The molecule has 0 radical (unpaired) electrons. The maximum absolute atomic E-state index is 14.3. The zero-order valence-corrected chi connectivity index (χ0v) is 16.9. The molecule has 0 saturated carbocycles. The molecule has 1 saturated heterocycles. The fourth-order valence-corrected chi connectivity index (χ4v) is 4.48. The highest BCUT2D eigenvalue weighted by Gasteiger charge is 2.33. The van der Waals surface area contributed by atoms with E-state index in [-0.39, 0.29) is 41.8 Å². The second kappa shape index (κ2) is 8.22. The molecule has 0 N–H and O–H groups in total. The molecule has 0 amide bonds.